The van der Waals surface area contributed by atoms with E-state index >= 15 is 0 Å². The number of nitriles is 2. The Labute approximate surface area is 200 Å². The van der Waals surface area contributed by atoms with Gasteiger partial charge in [0.2, 0.25) is 35.4 Å². The fourth-order valence-electron chi connectivity index (χ4n) is 3.70. The lowest BCUT2D eigenvalue weighted by atomic mass is 10.0. The summed E-state index contributed by atoms with van der Waals surface area (Å²) in [5.74, 6) is -5.82. The number of halogens is 5. The summed E-state index contributed by atoms with van der Waals surface area (Å²) in [5.41, 5.74) is -1.30. The minimum atomic E-state index is -1.23. The van der Waals surface area contributed by atoms with E-state index in [1.165, 1.54) is 13.0 Å². The fraction of sp³-hybridized carbons (Fsp3) is 0.0400. The fourth-order valence-corrected chi connectivity index (χ4v) is 3.70. The first-order chi connectivity index (χ1) is 17.2. The van der Waals surface area contributed by atoms with Gasteiger partial charge in [-0.1, -0.05) is 0 Å². The van der Waals surface area contributed by atoms with Crippen LogP contribution in [0.1, 0.15) is 22.4 Å². The number of hydrogen-bond donors (Lipinski definition) is 0. The van der Waals surface area contributed by atoms with Crippen molar-refractivity contribution in [2.24, 2.45) is 0 Å². The Hall–Kier alpha value is -5.21. The Morgan fingerprint density at radius 2 is 1.06 bits per heavy atom. The van der Waals surface area contributed by atoms with E-state index in [-0.39, 0.29) is 55.9 Å². The van der Waals surface area contributed by atoms with Crippen LogP contribution in [0.4, 0.5) is 22.0 Å². The van der Waals surface area contributed by atoms with Gasteiger partial charge in [-0.3, -0.25) is 0 Å². The number of rotatable bonds is 3. The van der Waals surface area contributed by atoms with Gasteiger partial charge in [0.05, 0.1) is 17.7 Å². The van der Waals surface area contributed by atoms with Crippen LogP contribution in [-0.4, -0.2) is 15.0 Å². The molecular weight excluding hydrogens is 479 g/mol. The summed E-state index contributed by atoms with van der Waals surface area (Å²) in [5, 5.41) is 19.8. The molecule has 6 nitrogen and oxygen atoms in total. The Morgan fingerprint density at radius 1 is 0.667 bits per heavy atom. The van der Waals surface area contributed by atoms with Gasteiger partial charge in [-0.25, -0.2) is 9.83 Å². The molecule has 0 aromatic carbocycles. The lowest BCUT2D eigenvalue weighted by molar-refractivity contribution is 0.511. The molecule has 1 fully saturated rings. The number of hydrogen-bond acceptors (Lipinski definition) is 5. The van der Waals surface area contributed by atoms with Crippen molar-refractivity contribution in [1.29, 1.82) is 10.5 Å². The van der Waals surface area contributed by atoms with Crippen LogP contribution in [-0.2, 0) is 0 Å². The molecule has 36 heavy (non-hydrogen) atoms. The molecule has 0 bridgehead atoms. The smallest absolute Gasteiger partial charge is 0.216 e. The van der Waals surface area contributed by atoms with E-state index in [1.807, 2.05) is 6.07 Å². The van der Waals surface area contributed by atoms with E-state index in [2.05, 4.69) is 19.8 Å². The van der Waals surface area contributed by atoms with Crippen LogP contribution in [0.5, 0.6) is 0 Å². The minimum absolute atomic E-state index is 0.0275. The van der Waals surface area contributed by atoms with Crippen molar-refractivity contribution in [3.8, 4) is 12.1 Å². The molecule has 0 aliphatic heterocycles. The summed E-state index contributed by atoms with van der Waals surface area (Å²) in [6, 6.07) is 9.10. The lowest BCUT2D eigenvalue weighted by Gasteiger charge is -2.01. The monoisotopic (exact) mass is 488 g/mol. The molecule has 3 heterocycles. The number of pyridine rings is 3. The molecule has 4 rings (SSSR count). The average Bonchev–Trinajstić information content (AvgIpc) is 3.47. The van der Waals surface area contributed by atoms with E-state index < -0.39 is 29.7 Å². The summed E-state index contributed by atoms with van der Waals surface area (Å²) in [6.07, 6.45) is 0. The molecule has 1 saturated carbocycles. The Morgan fingerprint density at radius 3 is 1.44 bits per heavy atom. The summed E-state index contributed by atoms with van der Waals surface area (Å²) in [7, 11) is 0. The third kappa shape index (κ3) is 4.44. The number of aryl methyl sites for hydroxylation is 1. The topological polar surface area (TPSA) is 90.6 Å². The molecular formula is C25H9F5N6. The van der Waals surface area contributed by atoms with Crippen molar-refractivity contribution in [3.05, 3.63) is 117 Å². The molecule has 0 radical (unpaired) electrons. The molecule has 1 aliphatic carbocycles. The first-order valence-corrected chi connectivity index (χ1v) is 9.90. The zero-order valence-corrected chi connectivity index (χ0v) is 18.0. The zero-order valence-electron chi connectivity index (χ0n) is 18.0. The third-order valence-electron chi connectivity index (χ3n) is 5.06. The van der Waals surface area contributed by atoms with Gasteiger partial charge in [-0.15, -0.1) is 0 Å². The Balaban J connectivity index is 2.14. The molecule has 0 saturated heterocycles. The summed E-state index contributed by atoms with van der Waals surface area (Å²) in [4.78, 5) is 12.9. The summed E-state index contributed by atoms with van der Waals surface area (Å²) < 4.78 is 69.3. The quantitative estimate of drug-likeness (QED) is 0.211. The molecule has 0 N–H and O–H groups in total. The predicted octanol–water partition coefficient (Wildman–Crippen LogP) is 5.47. The Bertz CT molecular complexity index is 1410. The molecule has 174 valence electrons. The molecule has 3 aromatic heterocycles. The molecule has 0 amide bonds. The standard InChI is InChI=1S/C25H9F5N6/c1-11-3-12(4-17(26)34-11)15(9-31)22-23(16(10-32)13-5-18(27)35-19(28)6-13)24(22)25(33-2)14-7-20(29)36-21(30)8-14/h3-8H,1H3. The van der Waals surface area contributed by atoms with Crippen molar-refractivity contribution in [3.63, 3.8) is 0 Å². The maximum Gasteiger partial charge on any atom is 0.216 e. The number of nitrogens with zero attached hydrogens (tertiary/aromatic N) is 6. The van der Waals surface area contributed by atoms with Crippen molar-refractivity contribution in [2.45, 2.75) is 6.92 Å². The second-order valence-electron chi connectivity index (χ2n) is 7.38. The Kier molecular flexibility index (Phi) is 6.12. The highest BCUT2D eigenvalue weighted by molar-refractivity contribution is 6.11. The molecule has 0 spiro atoms. The van der Waals surface area contributed by atoms with E-state index in [0.29, 0.717) is 0 Å². The summed E-state index contributed by atoms with van der Waals surface area (Å²) in [6.45, 7) is 9.10. The van der Waals surface area contributed by atoms with Crippen LogP contribution in [0.2, 0.25) is 0 Å². The highest BCUT2D eigenvalue weighted by atomic mass is 19.2. The van der Waals surface area contributed by atoms with E-state index in [0.717, 1.165) is 30.3 Å². The maximum atomic E-state index is 14.0. The minimum Gasteiger partial charge on any atom is -0.237 e. The number of allylic oxidation sites excluding steroid dienone is 5. The molecule has 1 aliphatic rings. The van der Waals surface area contributed by atoms with Gasteiger partial charge < -0.3 is 0 Å². The highest BCUT2D eigenvalue weighted by Crippen LogP contribution is 2.56. The second kappa shape index (κ2) is 9.21. The average molecular weight is 488 g/mol. The lowest BCUT2D eigenvalue weighted by Crippen LogP contribution is -1.93. The number of aromatic nitrogens is 3. The SMILES string of the molecule is [C-]#[N+]C(=C1C(=C(C#N)c2cc(C)nc(F)c2)C1=C(C#N)c1cc(F)nc(F)c1)c1cc(F)nc(F)c1. The van der Waals surface area contributed by atoms with Gasteiger partial charge in [0.15, 0.2) is 0 Å². The molecule has 11 heteroatoms. The van der Waals surface area contributed by atoms with E-state index in [1.54, 1.807) is 6.07 Å². The normalized spacial score (nSPS) is 16.4. The van der Waals surface area contributed by atoms with Crippen LogP contribution >= 0.6 is 0 Å². The summed E-state index contributed by atoms with van der Waals surface area (Å²) >= 11 is 0. The van der Waals surface area contributed by atoms with Gasteiger partial charge in [-0.05, 0) is 53.0 Å². The zero-order chi connectivity index (χ0) is 26.1. The molecule has 3 aromatic rings. The van der Waals surface area contributed by atoms with E-state index in [4.69, 9.17) is 6.57 Å². The molecule has 0 unspecified atom stereocenters. The van der Waals surface area contributed by atoms with Crippen LogP contribution in [0.25, 0.3) is 21.7 Å². The van der Waals surface area contributed by atoms with Crippen LogP contribution in [0.15, 0.2) is 53.1 Å². The first-order valence-electron chi connectivity index (χ1n) is 9.90. The van der Waals surface area contributed by atoms with Crippen molar-refractivity contribution in [2.75, 3.05) is 0 Å². The van der Waals surface area contributed by atoms with Gasteiger partial charge >= 0.3 is 0 Å². The molecule has 0 atom stereocenters. The second-order valence-corrected chi connectivity index (χ2v) is 7.38. The van der Waals surface area contributed by atoms with Gasteiger partial charge in [-0.2, -0.15) is 42.4 Å². The van der Waals surface area contributed by atoms with Crippen molar-refractivity contribution < 1.29 is 22.0 Å². The predicted molar refractivity (Wildman–Crippen MR) is 116 cm³/mol. The van der Waals surface area contributed by atoms with Crippen molar-refractivity contribution in [1.82, 2.24) is 15.0 Å². The first kappa shape index (κ1) is 23.9. The highest BCUT2D eigenvalue weighted by Gasteiger charge is 2.41. The van der Waals surface area contributed by atoms with Gasteiger partial charge in [0.25, 0.3) is 0 Å². The largest absolute Gasteiger partial charge is 0.237 e. The van der Waals surface area contributed by atoms with Crippen LogP contribution in [0, 0.1) is 65.9 Å². The maximum absolute atomic E-state index is 14.0. The van der Waals surface area contributed by atoms with E-state index in [9.17, 15) is 32.5 Å². The van der Waals surface area contributed by atoms with Gasteiger partial charge in [0, 0.05) is 29.5 Å². The van der Waals surface area contributed by atoms with Gasteiger partial charge in [0.1, 0.15) is 12.1 Å². The third-order valence-corrected chi connectivity index (χ3v) is 5.06. The van der Waals surface area contributed by atoms with Crippen LogP contribution < -0.4 is 0 Å². The van der Waals surface area contributed by atoms with Crippen LogP contribution in [0.3, 0.4) is 0 Å². The van der Waals surface area contributed by atoms with Crippen molar-refractivity contribution >= 4 is 16.8 Å².